The lowest BCUT2D eigenvalue weighted by Crippen LogP contribution is -2.44. The molecule has 8 heteroatoms. The predicted molar refractivity (Wildman–Crippen MR) is 116 cm³/mol. The largest absolute Gasteiger partial charge is 0.495 e. The molecule has 6 nitrogen and oxygen atoms in total. The summed E-state index contributed by atoms with van der Waals surface area (Å²) in [5.41, 5.74) is 1.55. The van der Waals surface area contributed by atoms with E-state index in [-0.39, 0.29) is 5.57 Å². The number of anilines is 2. The molecule has 0 atom stereocenters. The summed E-state index contributed by atoms with van der Waals surface area (Å²) in [6.45, 7) is 2.88. The van der Waals surface area contributed by atoms with Crippen LogP contribution in [0.15, 0.2) is 54.2 Å². The summed E-state index contributed by atoms with van der Waals surface area (Å²) in [5.74, 6) is 0.341. The Morgan fingerprint density at radius 3 is 2.52 bits per heavy atom. The number of nitrogens with one attached hydrogen (secondary N) is 1. The number of rotatable bonds is 5. The molecule has 2 aromatic rings. The van der Waals surface area contributed by atoms with Crippen LogP contribution in [0.5, 0.6) is 5.75 Å². The number of para-hydroxylation sites is 2. The predicted octanol–water partition coefficient (Wildman–Crippen LogP) is 4.17. The zero-order chi connectivity index (χ0) is 20.8. The van der Waals surface area contributed by atoms with Crippen LogP contribution in [-0.2, 0) is 4.79 Å². The van der Waals surface area contributed by atoms with Gasteiger partial charge in [0.1, 0.15) is 17.4 Å². The minimum Gasteiger partial charge on any atom is -0.495 e. The third-order valence-corrected chi connectivity index (χ3v) is 5.33. The number of ether oxygens (including phenoxy) is 1. The molecule has 1 aliphatic heterocycles. The second-order valence-electron chi connectivity index (χ2n) is 6.43. The monoisotopic (exact) mass is 430 g/mol. The van der Waals surface area contributed by atoms with Gasteiger partial charge in [0.2, 0.25) is 0 Å². The molecule has 29 heavy (non-hydrogen) atoms. The van der Waals surface area contributed by atoms with Crippen molar-refractivity contribution in [3.8, 4) is 11.8 Å². The third-order valence-electron chi connectivity index (χ3n) is 4.59. The fraction of sp³-hybridized carbons (Fsp3) is 0.238. The number of carbonyl (C=O) groups is 1. The lowest BCUT2D eigenvalue weighted by atomic mass is 10.2. The highest BCUT2D eigenvalue weighted by Gasteiger charge is 2.19. The van der Waals surface area contributed by atoms with Gasteiger partial charge < -0.3 is 19.9 Å². The number of halogens is 2. The molecule has 0 unspecified atom stereocenters. The zero-order valence-corrected chi connectivity index (χ0v) is 17.4. The van der Waals surface area contributed by atoms with Crippen LogP contribution in [0.1, 0.15) is 0 Å². The van der Waals surface area contributed by atoms with Crippen molar-refractivity contribution in [1.29, 1.82) is 5.26 Å². The molecule has 2 aromatic carbocycles. The van der Waals surface area contributed by atoms with E-state index in [2.05, 4.69) is 10.2 Å². The number of piperazine rings is 1. The maximum absolute atomic E-state index is 12.5. The summed E-state index contributed by atoms with van der Waals surface area (Å²) < 4.78 is 5.43. The molecule has 0 radical (unpaired) electrons. The molecule has 1 N–H and O–H groups in total. The van der Waals surface area contributed by atoms with Crippen LogP contribution in [0.2, 0.25) is 10.0 Å². The Labute approximate surface area is 179 Å². The first kappa shape index (κ1) is 20.8. The van der Waals surface area contributed by atoms with Crippen molar-refractivity contribution in [2.45, 2.75) is 0 Å². The quantitative estimate of drug-likeness (QED) is 0.569. The highest BCUT2D eigenvalue weighted by Crippen LogP contribution is 2.28. The van der Waals surface area contributed by atoms with Gasteiger partial charge in [-0.3, -0.25) is 4.79 Å². The van der Waals surface area contributed by atoms with Gasteiger partial charge in [-0.15, -0.1) is 0 Å². The number of amides is 1. The van der Waals surface area contributed by atoms with E-state index < -0.39 is 5.91 Å². The smallest absolute Gasteiger partial charge is 0.267 e. The van der Waals surface area contributed by atoms with Gasteiger partial charge in [0.05, 0.1) is 22.8 Å². The van der Waals surface area contributed by atoms with E-state index in [1.165, 1.54) is 0 Å². The van der Waals surface area contributed by atoms with E-state index in [0.29, 0.717) is 28.8 Å². The summed E-state index contributed by atoms with van der Waals surface area (Å²) in [7, 11) is 1.66. The van der Waals surface area contributed by atoms with Crippen molar-refractivity contribution in [2.24, 2.45) is 0 Å². The standard InChI is InChI=1S/C21H20Cl2N4O2/c1-29-20-5-3-2-4-19(20)27-10-8-26(9-11-27)14-15(13-24)21(28)25-16-6-7-17(22)18(23)12-16/h2-7,12,14H,8-11H2,1H3,(H,25,28)/b15-14-. The van der Waals surface area contributed by atoms with Crippen LogP contribution >= 0.6 is 23.2 Å². The van der Waals surface area contributed by atoms with Crippen LogP contribution in [0, 0.1) is 11.3 Å². The molecule has 0 aromatic heterocycles. The fourth-order valence-corrected chi connectivity index (χ4v) is 3.37. The molecule has 1 aliphatic rings. The summed E-state index contributed by atoms with van der Waals surface area (Å²) in [4.78, 5) is 16.6. The van der Waals surface area contributed by atoms with E-state index in [0.717, 1.165) is 24.5 Å². The van der Waals surface area contributed by atoms with E-state index >= 15 is 0 Å². The summed E-state index contributed by atoms with van der Waals surface area (Å²) in [6.07, 6.45) is 1.60. The van der Waals surface area contributed by atoms with Crippen molar-refractivity contribution < 1.29 is 9.53 Å². The van der Waals surface area contributed by atoms with Gasteiger partial charge in [-0.25, -0.2) is 0 Å². The van der Waals surface area contributed by atoms with Crippen LogP contribution in [-0.4, -0.2) is 44.1 Å². The van der Waals surface area contributed by atoms with Crippen LogP contribution in [0.25, 0.3) is 0 Å². The topological polar surface area (TPSA) is 68.6 Å². The minimum absolute atomic E-state index is 0.0295. The Bertz CT molecular complexity index is 963. The number of nitriles is 1. The van der Waals surface area contributed by atoms with E-state index in [1.807, 2.05) is 35.2 Å². The van der Waals surface area contributed by atoms with Gasteiger partial charge in [-0.1, -0.05) is 35.3 Å². The Morgan fingerprint density at radius 1 is 1.14 bits per heavy atom. The lowest BCUT2D eigenvalue weighted by Gasteiger charge is -2.36. The first-order valence-corrected chi connectivity index (χ1v) is 9.77. The molecule has 1 saturated heterocycles. The highest BCUT2D eigenvalue weighted by molar-refractivity contribution is 6.42. The van der Waals surface area contributed by atoms with Crippen molar-refractivity contribution in [3.63, 3.8) is 0 Å². The number of methoxy groups -OCH3 is 1. The van der Waals surface area contributed by atoms with Gasteiger partial charge >= 0.3 is 0 Å². The maximum Gasteiger partial charge on any atom is 0.267 e. The molecular formula is C21H20Cl2N4O2. The average Bonchev–Trinajstić information content (AvgIpc) is 2.75. The lowest BCUT2D eigenvalue weighted by molar-refractivity contribution is -0.112. The van der Waals surface area contributed by atoms with Gasteiger partial charge in [-0.05, 0) is 30.3 Å². The van der Waals surface area contributed by atoms with Gasteiger partial charge in [0, 0.05) is 38.1 Å². The Kier molecular flexibility index (Phi) is 6.86. The Balaban J connectivity index is 1.64. The van der Waals surface area contributed by atoms with E-state index in [4.69, 9.17) is 27.9 Å². The number of carbonyl (C=O) groups excluding carboxylic acids is 1. The molecular weight excluding hydrogens is 411 g/mol. The zero-order valence-electron chi connectivity index (χ0n) is 15.9. The summed E-state index contributed by atoms with van der Waals surface area (Å²) >= 11 is 11.9. The Morgan fingerprint density at radius 2 is 1.86 bits per heavy atom. The summed E-state index contributed by atoms with van der Waals surface area (Å²) in [5, 5.41) is 12.8. The molecule has 0 saturated carbocycles. The number of hydrogen-bond donors (Lipinski definition) is 1. The number of hydrogen-bond acceptors (Lipinski definition) is 5. The third kappa shape index (κ3) is 5.14. The molecule has 3 rings (SSSR count). The van der Waals surface area contributed by atoms with Crippen LogP contribution < -0.4 is 15.0 Å². The number of benzene rings is 2. The molecule has 0 spiro atoms. The molecule has 0 bridgehead atoms. The first-order valence-electron chi connectivity index (χ1n) is 9.02. The van der Waals surface area contributed by atoms with Crippen LogP contribution in [0.3, 0.4) is 0 Å². The van der Waals surface area contributed by atoms with Gasteiger partial charge in [-0.2, -0.15) is 5.26 Å². The second kappa shape index (κ2) is 9.55. The maximum atomic E-state index is 12.5. The molecule has 0 aliphatic carbocycles. The second-order valence-corrected chi connectivity index (χ2v) is 7.25. The fourth-order valence-electron chi connectivity index (χ4n) is 3.08. The summed E-state index contributed by atoms with van der Waals surface area (Å²) in [6, 6.07) is 14.6. The molecule has 1 heterocycles. The molecule has 1 fully saturated rings. The Hall–Kier alpha value is -2.88. The SMILES string of the molecule is COc1ccccc1N1CCN(/C=C(/C#N)C(=O)Nc2ccc(Cl)c(Cl)c2)CC1. The highest BCUT2D eigenvalue weighted by atomic mass is 35.5. The van der Waals surface area contributed by atoms with Gasteiger partial charge in [0.15, 0.2) is 0 Å². The van der Waals surface area contributed by atoms with Crippen molar-refractivity contribution in [2.75, 3.05) is 43.5 Å². The van der Waals surface area contributed by atoms with Gasteiger partial charge in [0.25, 0.3) is 5.91 Å². The first-order chi connectivity index (χ1) is 14.0. The normalized spacial score (nSPS) is 14.3. The van der Waals surface area contributed by atoms with Crippen molar-refractivity contribution in [3.05, 3.63) is 64.3 Å². The van der Waals surface area contributed by atoms with Crippen molar-refractivity contribution >= 4 is 40.5 Å². The number of nitrogens with zero attached hydrogens (tertiary/aromatic N) is 3. The van der Waals surface area contributed by atoms with E-state index in [1.54, 1.807) is 31.5 Å². The molecule has 150 valence electrons. The van der Waals surface area contributed by atoms with Crippen molar-refractivity contribution in [1.82, 2.24) is 4.90 Å². The minimum atomic E-state index is -0.488. The van der Waals surface area contributed by atoms with Crippen LogP contribution in [0.4, 0.5) is 11.4 Å². The van der Waals surface area contributed by atoms with E-state index in [9.17, 15) is 10.1 Å². The molecule has 1 amide bonds. The average molecular weight is 431 g/mol.